The highest BCUT2D eigenvalue weighted by molar-refractivity contribution is 9.10. The quantitative estimate of drug-likeness (QED) is 0.795. The first-order chi connectivity index (χ1) is 10.2. The van der Waals surface area contributed by atoms with E-state index in [1.165, 1.54) is 10.0 Å². The van der Waals surface area contributed by atoms with E-state index in [-0.39, 0.29) is 0 Å². The molecule has 1 aromatic heterocycles. The zero-order valence-corrected chi connectivity index (χ0v) is 14.3. The Bertz CT molecular complexity index is 553. The van der Waals surface area contributed by atoms with Gasteiger partial charge >= 0.3 is 0 Å². The zero-order valence-electron chi connectivity index (χ0n) is 12.7. The minimum absolute atomic E-state index is 0.512. The summed E-state index contributed by atoms with van der Waals surface area (Å²) in [6.45, 7) is 7.11. The van der Waals surface area contributed by atoms with Crippen molar-refractivity contribution in [3.8, 4) is 0 Å². The van der Waals surface area contributed by atoms with Gasteiger partial charge in [0.15, 0.2) is 0 Å². The third-order valence-corrected chi connectivity index (χ3v) is 4.39. The number of nitrogens with zero attached hydrogens (tertiary/aromatic N) is 3. The summed E-state index contributed by atoms with van der Waals surface area (Å²) in [7, 11) is 0. The molecule has 1 aromatic carbocycles. The van der Waals surface area contributed by atoms with Gasteiger partial charge in [-0.2, -0.15) is 5.10 Å². The molecule has 2 aromatic rings. The highest BCUT2D eigenvalue weighted by Crippen LogP contribution is 2.21. The molecule has 1 unspecified atom stereocenters. The summed E-state index contributed by atoms with van der Waals surface area (Å²) in [5.74, 6) is 1.59. The summed E-state index contributed by atoms with van der Waals surface area (Å²) in [4.78, 5) is 4.41. The maximum atomic E-state index is 4.41. The lowest BCUT2D eigenvalue weighted by molar-refractivity contribution is 0.452. The van der Waals surface area contributed by atoms with Crippen molar-refractivity contribution in [3.05, 3.63) is 46.5 Å². The fourth-order valence-electron chi connectivity index (χ4n) is 2.51. The number of hydrogen-bond donors (Lipinski definition) is 1. The number of nitrogens with one attached hydrogen (secondary N) is 1. The van der Waals surface area contributed by atoms with Gasteiger partial charge in [0.25, 0.3) is 0 Å². The number of aryl methyl sites for hydroxylation is 1. The van der Waals surface area contributed by atoms with Crippen LogP contribution in [-0.4, -0.2) is 27.9 Å². The van der Waals surface area contributed by atoms with Crippen molar-refractivity contribution in [3.63, 3.8) is 0 Å². The van der Waals surface area contributed by atoms with Gasteiger partial charge in [-0.05, 0) is 44.0 Å². The normalized spacial score (nSPS) is 12.5. The highest BCUT2D eigenvalue weighted by Gasteiger charge is 2.15. The Morgan fingerprint density at radius 1 is 1.24 bits per heavy atom. The molecule has 0 aliphatic rings. The van der Waals surface area contributed by atoms with Gasteiger partial charge < -0.3 is 5.32 Å². The van der Waals surface area contributed by atoms with Crippen LogP contribution in [0.25, 0.3) is 0 Å². The molecular formula is C16H23BrN4. The van der Waals surface area contributed by atoms with Crippen molar-refractivity contribution in [2.45, 2.75) is 33.2 Å². The van der Waals surface area contributed by atoms with Crippen LogP contribution >= 0.6 is 15.9 Å². The second-order valence-corrected chi connectivity index (χ2v) is 6.02. The molecule has 0 fully saturated rings. The van der Waals surface area contributed by atoms with Gasteiger partial charge in [-0.25, -0.2) is 4.98 Å². The van der Waals surface area contributed by atoms with Gasteiger partial charge in [0.1, 0.15) is 12.2 Å². The molecule has 1 N–H and O–H groups in total. The van der Waals surface area contributed by atoms with Crippen LogP contribution in [0.2, 0.25) is 0 Å². The van der Waals surface area contributed by atoms with Crippen molar-refractivity contribution in [2.24, 2.45) is 5.92 Å². The van der Waals surface area contributed by atoms with Gasteiger partial charge in [0, 0.05) is 17.4 Å². The third kappa shape index (κ3) is 4.64. The van der Waals surface area contributed by atoms with E-state index in [0.29, 0.717) is 5.92 Å². The van der Waals surface area contributed by atoms with Gasteiger partial charge in [-0.3, -0.25) is 4.68 Å². The summed E-state index contributed by atoms with van der Waals surface area (Å²) in [6, 6.07) is 8.45. The van der Waals surface area contributed by atoms with Gasteiger partial charge in [0.2, 0.25) is 0 Å². The molecule has 0 saturated heterocycles. The van der Waals surface area contributed by atoms with Crippen LogP contribution in [0.3, 0.4) is 0 Å². The number of aromatic nitrogens is 3. The minimum atomic E-state index is 0.512. The molecule has 4 nitrogen and oxygen atoms in total. The number of benzene rings is 1. The van der Waals surface area contributed by atoms with Crippen molar-refractivity contribution in [1.29, 1.82) is 0 Å². The van der Waals surface area contributed by atoms with E-state index in [0.717, 1.165) is 38.3 Å². The van der Waals surface area contributed by atoms with E-state index >= 15 is 0 Å². The average molecular weight is 351 g/mol. The predicted molar refractivity (Wildman–Crippen MR) is 89.3 cm³/mol. The summed E-state index contributed by atoms with van der Waals surface area (Å²) in [5, 5.41) is 7.73. The maximum Gasteiger partial charge on any atom is 0.138 e. The van der Waals surface area contributed by atoms with Crippen LogP contribution in [0.4, 0.5) is 0 Å². The molecule has 0 radical (unpaired) electrons. The molecule has 114 valence electrons. The Hall–Kier alpha value is -1.20. The molecule has 0 saturated carbocycles. The molecule has 0 aliphatic carbocycles. The largest absolute Gasteiger partial charge is 0.317 e. The van der Waals surface area contributed by atoms with Gasteiger partial charge in [-0.1, -0.05) is 41.1 Å². The highest BCUT2D eigenvalue weighted by atomic mass is 79.9. The third-order valence-electron chi connectivity index (χ3n) is 3.62. The summed E-state index contributed by atoms with van der Waals surface area (Å²) >= 11 is 3.65. The molecule has 21 heavy (non-hydrogen) atoms. The van der Waals surface area contributed by atoms with Gasteiger partial charge in [-0.15, -0.1) is 0 Å². The van der Waals surface area contributed by atoms with Crippen LogP contribution in [-0.2, 0) is 19.4 Å². The summed E-state index contributed by atoms with van der Waals surface area (Å²) < 4.78 is 3.17. The lowest BCUT2D eigenvalue weighted by Crippen LogP contribution is -2.27. The lowest BCUT2D eigenvalue weighted by Gasteiger charge is -2.18. The molecule has 0 aliphatic heterocycles. The van der Waals surface area contributed by atoms with Crippen LogP contribution in [0.1, 0.15) is 25.2 Å². The first-order valence-electron chi connectivity index (χ1n) is 7.55. The fourth-order valence-corrected chi connectivity index (χ4v) is 2.96. The van der Waals surface area contributed by atoms with Crippen LogP contribution in [0.5, 0.6) is 0 Å². The van der Waals surface area contributed by atoms with Crippen LogP contribution in [0, 0.1) is 5.92 Å². The monoisotopic (exact) mass is 350 g/mol. The topological polar surface area (TPSA) is 42.7 Å². The standard InChI is InChI=1S/C16H23BrN4/c1-3-18-11-13(9-14-7-5-6-8-15(14)17)10-16-19-12-20-21(16)4-2/h5-8,12-13,18H,3-4,9-11H2,1-2H3. The van der Waals surface area contributed by atoms with E-state index < -0.39 is 0 Å². The second-order valence-electron chi connectivity index (χ2n) is 5.17. The molecule has 1 atom stereocenters. The summed E-state index contributed by atoms with van der Waals surface area (Å²) in [6.07, 6.45) is 3.63. The lowest BCUT2D eigenvalue weighted by atomic mass is 9.95. The molecule has 0 amide bonds. The van der Waals surface area contributed by atoms with E-state index in [2.05, 4.69) is 69.4 Å². The molecule has 5 heteroatoms. The van der Waals surface area contributed by atoms with Gasteiger partial charge in [0.05, 0.1) is 0 Å². The van der Waals surface area contributed by atoms with E-state index in [9.17, 15) is 0 Å². The molecular weight excluding hydrogens is 328 g/mol. The Labute approximate surface area is 135 Å². The Morgan fingerprint density at radius 2 is 2.05 bits per heavy atom. The fraction of sp³-hybridized carbons (Fsp3) is 0.500. The summed E-state index contributed by atoms with van der Waals surface area (Å²) in [5.41, 5.74) is 1.35. The number of hydrogen-bond acceptors (Lipinski definition) is 3. The van der Waals surface area contributed by atoms with Crippen molar-refractivity contribution < 1.29 is 0 Å². The maximum absolute atomic E-state index is 4.41. The Kier molecular flexibility index (Phi) is 6.39. The molecule has 1 heterocycles. The average Bonchev–Trinajstić information content (AvgIpc) is 2.94. The van der Waals surface area contributed by atoms with Crippen LogP contribution < -0.4 is 5.32 Å². The van der Waals surface area contributed by atoms with Crippen molar-refractivity contribution in [2.75, 3.05) is 13.1 Å². The number of rotatable bonds is 8. The minimum Gasteiger partial charge on any atom is -0.317 e. The zero-order chi connectivity index (χ0) is 15.1. The van der Waals surface area contributed by atoms with E-state index in [1.807, 2.05) is 4.68 Å². The molecule has 0 spiro atoms. The predicted octanol–water partition coefficient (Wildman–Crippen LogP) is 3.07. The first-order valence-corrected chi connectivity index (χ1v) is 8.34. The smallest absolute Gasteiger partial charge is 0.138 e. The Morgan fingerprint density at radius 3 is 2.76 bits per heavy atom. The van der Waals surface area contributed by atoms with E-state index in [4.69, 9.17) is 0 Å². The second kappa shape index (κ2) is 8.29. The van der Waals surface area contributed by atoms with Crippen LogP contribution in [0.15, 0.2) is 35.1 Å². The number of halogens is 1. The molecule has 2 rings (SSSR count). The molecule has 0 bridgehead atoms. The van der Waals surface area contributed by atoms with E-state index in [1.54, 1.807) is 6.33 Å². The van der Waals surface area contributed by atoms with Crippen molar-refractivity contribution >= 4 is 15.9 Å². The SMILES string of the molecule is CCNCC(Cc1ccccc1Br)Cc1ncnn1CC. The van der Waals surface area contributed by atoms with Crippen molar-refractivity contribution in [1.82, 2.24) is 20.1 Å². The Balaban J connectivity index is 2.09. The first kappa shape index (κ1) is 16.2.